The van der Waals surface area contributed by atoms with Crippen molar-refractivity contribution in [3.8, 4) is 5.75 Å². The number of rotatable bonds is 5. The number of H-pyrrole nitrogens is 1. The van der Waals surface area contributed by atoms with Crippen LogP contribution < -0.4 is 4.74 Å². The van der Waals surface area contributed by atoms with Crippen molar-refractivity contribution in [1.82, 2.24) is 9.88 Å². The third kappa shape index (κ3) is 3.20. The van der Waals surface area contributed by atoms with E-state index in [1.54, 1.807) is 19.2 Å². The number of aromatic amines is 1. The lowest BCUT2D eigenvalue weighted by Gasteiger charge is -2.51. The second-order valence-corrected chi connectivity index (χ2v) is 9.99. The number of fused-ring (bicyclic) bond motifs is 4. The van der Waals surface area contributed by atoms with Gasteiger partial charge in [-0.05, 0) is 79.8 Å². The summed E-state index contributed by atoms with van der Waals surface area (Å²) in [4.78, 5) is 17.2. The number of nitrogens with zero attached hydrogens (tertiary/aromatic N) is 2. The molecule has 2 heterocycles. The molecule has 1 aliphatic heterocycles. The zero-order chi connectivity index (χ0) is 21.9. The Morgan fingerprint density at radius 2 is 2.12 bits per heavy atom. The summed E-state index contributed by atoms with van der Waals surface area (Å²) in [5, 5.41) is 12.4. The summed E-state index contributed by atoms with van der Waals surface area (Å²) in [5.41, 5.74) is 5.06. The minimum atomic E-state index is -0.313. The third-order valence-electron chi connectivity index (χ3n) is 8.12. The summed E-state index contributed by atoms with van der Waals surface area (Å²) in [5.74, 6) is 2.32. The van der Waals surface area contributed by atoms with Crippen LogP contribution in [0.1, 0.15) is 36.1 Å². The number of likely N-dealkylation sites (tertiary alicyclic amines) is 1. The Labute approximate surface area is 187 Å². The lowest BCUT2D eigenvalue weighted by molar-refractivity contribution is -0.384. The van der Waals surface area contributed by atoms with Crippen LogP contribution in [0.5, 0.6) is 5.75 Å². The molecule has 0 bridgehead atoms. The number of nitro groups is 1. The van der Waals surface area contributed by atoms with E-state index in [9.17, 15) is 10.1 Å². The second kappa shape index (κ2) is 7.34. The molecule has 1 unspecified atom stereocenters. The van der Waals surface area contributed by atoms with Crippen LogP contribution in [0.25, 0.3) is 10.9 Å². The number of hydrogen-bond acceptors (Lipinski definition) is 4. The summed E-state index contributed by atoms with van der Waals surface area (Å²) in [6.45, 7) is 3.48. The highest BCUT2D eigenvalue weighted by atomic mass is 16.6. The fraction of sp³-hybridized carbons (Fsp3) is 0.462. The topological polar surface area (TPSA) is 71.4 Å². The molecule has 0 radical (unpaired) electrons. The van der Waals surface area contributed by atoms with Gasteiger partial charge in [0.1, 0.15) is 5.75 Å². The number of nitrogens with one attached hydrogen (secondary N) is 1. The molecule has 1 aromatic heterocycles. The molecule has 32 heavy (non-hydrogen) atoms. The van der Waals surface area contributed by atoms with Crippen molar-refractivity contribution in [1.29, 1.82) is 0 Å². The van der Waals surface area contributed by atoms with Gasteiger partial charge in [-0.3, -0.25) is 10.1 Å². The normalized spacial score (nSPS) is 25.3. The number of benzene rings is 2. The van der Waals surface area contributed by atoms with Crippen molar-refractivity contribution in [2.24, 2.45) is 11.8 Å². The quantitative estimate of drug-likeness (QED) is 0.463. The zero-order valence-electron chi connectivity index (χ0n) is 18.5. The van der Waals surface area contributed by atoms with Crippen molar-refractivity contribution < 1.29 is 9.66 Å². The van der Waals surface area contributed by atoms with Gasteiger partial charge in [-0.25, -0.2) is 0 Å². The van der Waals surface area contributed by atoms with Crippen molar-refractivity contribution in [3.63, 3.8) is 0 Å². The van der Waals surface area contributed by atoms with Gasteiger partial charge in [0.05, 0.1) is 17.5 Å². The molecular weight excluding hydrogens is 402 g/mol. The maximum Gasteiger partial charge on any atom is 0.271 e. The highest BCUT2D eigenvalue weighted by Crippen LogP contribution is 2.50. The van der Waals surface area contributed by atoms with E-state index in [2.05, 4.69) is 28.1 Å². The minimum Gasteiger partial charge on any atom is -0.497 e. The molecule has 2 atom stereocenters. The fourth-order valence-corrected chi connectivity index (χ4v) is 6.24. The number of hydrogen-bond donors (Lipinski definition) is 1. The molecular formula is C26H29N3O3. The van der Waals surface area contributed by atoms with Crippen LogP contribution in [0.3, 0.4) is 0 Å². The van der Waals surface area contributed by atoms with Gasteiger partial charge < -0.3 is 14.6 Å². The van der Waals surface area contributed by atoms with Crippen molar-refractivity contribution in [2.45, 2.75) is 37.5 Å². The summed E-state index contributed by atoms with van der Waals surface area (Å²) in [7, 11) is 1.73. The van der Waals surface area contributed by atoms with Gasteiger partial charge in [0.15, 0.2) is 0 Å². The molecule has 1 N–H and O–H groups in total. The van der Waals surface area contributed by atoms with Crippen LogP contribution in [0.4, 0.5) is 5.69 Å². The molecule has 6 heteroatoms. The van der Waals surface area contributed by atoms with Crippen LogP contribution in [-0.4, -0.2) is 41.6 Å². The Morgan fingerprint density at radius 3 is 2.91 bits per heavy atom. The molecule has 6 rings (SSSR count). The average molecular weight is 432 g/mol. The van der Waals surface area contributed by atoms with E-state index < -0.39 is 0 Å². The van der Waals surface area contributed by atoms with Gasteiger partial charge in [-0.2, -0.15) is 0 Å². The summed E-state index contributed by atoms with van der Waals surface area (Å²) < 4.78 is 5.58. The van der Waals surface area contributed by atoms with Crippen LogP contribution in [0.15, 0.2) is 42.5 Å². The van der Waals surface area contributed by atoms with Gasteiger partial charge >= 0.3 is 0 Å². The number of methoxy groups -OCH3 is 1. The number of aromatic nitrogens is 1. The van der Waals surface area contributed by atoms with Crippen LogP contribution in [-0.2, 0) is 18.3 Å². The smallest absolute Gasteiger partial charge is 0.271 e. The molecule has 3 aliphatic rings. The molecule has 2 aliphatic carbocycles. The first-order valence-electron chi connectivity index (χ1n) is 11.7. The largest absolute Gasteiger partial charge is 0.497 e. The van der Waals surface area contributed by atoms with Crippen LogP contribution >= 0.6 is 0 Å². The average Bonchev–Trinajstić information content (AvgIpc) is 3.56. The minimum absolute atomic E-state index is 0.0639. The van der Waals surface area contributed by atoms with Crippen molar-refractivity contribution >= 4 is 16.6 Å². The van der Waals surface area contributed by atoms with Gasteiger partial charge in [-0.15, -0.1) is 0 Å². The third-order valence-corrected chi connectivity index (χ3v) is 8.12. The first kappa shape index (κ1) is 19.8. The first-order valence-corrected chi connectivity index (χ1v) is 11.7. The van der Waals surface area contributed by atoms with E-state index in [1.807, 2.05) is 12.1 Å². The van der Waals surface area contributed by atoms with E-state index in [4.69, 9.17) is 4.74 Å². The summed E-state index contributed by atoms with van der Waals surface area (Å²) >= 11 is 0. The Balaban J connectivity index is 1.43. The molecule has 166 valence electrons. The first-order chi connectivity index (χ1) is 15.6. The maximum atomic E-state index is 11.3. The Hall–Kier alpha value is -2.86. The summed E-state index contributed by atoms with van der Waals surface area (Å²) in [6, 6.07) is 13.9. The highest BCUT2D eigenvalue weighted by Gasteiger charge is 2.48. The number of ether oxygens (including phenoxy) is 1. The van der Waals surface area contributed by atoms with Gasteiger partial charge in [0.2, 0.25) is 0 Å². The van der Waals surface area contributed by atoms with E-state index in [1.165, 1.54) is 36.2 Å². The second-order valence-electron chi connectivity index (χ2n) is 9.99. The van der Waals surface area contributed by atoms with E-state index >= 15 is 0 Å². The number of piperidine rings is 1. The molecule has 0 spiro atoms. The zero-order valence-corrected chi connectivity index (χ0v) is 18.5. The van der Waals surface area contributed by atoms with Crippen LogP contribution in [0.2, 0.25) is 0 Å². The summed E-state index contributed by atoms with van der Waals surface area (Å²) in [6.07, 6.45) is 5.85. The molecule has 6 nitrogen and oxygen atoms in total. The lowest BCUT2D eigenvalue weighted by Crippen LogP contribution is -2.54. The van der Waals surface area contributed by atoms with Crippen molar-refractivity contribution in [2.75, 3.05) is 26.7 Å². The van der Waals surface area contributed by atoms with E-state index in [-0.39, 0.29) is 16.0 Å². The maximum absolute atomic E-state index is 11.3. The molecule has 0 amide bonds. The van der Waals surface area contributed by atoms with Gasteiger partial charge in [0, 0.05) is 41.7 Å². The Bertz CT molecular complexity index is 1200. The van der Waals surface area contributed by atoms with Crippen molar-refractivity contribution in [3.05, 3.63) is 69.4 Å². The van der Waals surface area contributed by atoms with E-state index in [0.29, 0.717) is 5.92 Å². The molecule has 3 aromatic rings. The fourth-order valence-electron chi connectivity index (χ4n) is 6.24. The number of non-ortho nitro benzene ring substituents is 1. The number of nitro benzene ring substituents is 1. The highest BCUT2D eigenvalue weighted by molar-refractivity contribution is 5.87. The molecule has 1 saturated heterocycles. The standard InChI is InChI=1S/C26H29N3O3/c1-32-21-4-2-3-18(11-21)26-9-10-28(15-17-5-6-17)16-19(26)12-23-22-8-7-20(29(30)31)13-24(22)27-25(23)14-26/h2-4,7-8,11,13,17,19,27H,5-6,9-10,12,14-16H2,1H3/t19?,26-/m1/s1. The van der Waals surface area contributed by atoms with Crippen LogP contribution in [0, 0.1) is 22.0 Å². The molecule has 2 fully saturated rings. The van der Waals surface area contributed by atoms with Gasteiger partial charge in [0.25, 0.3) is 5.69 Å². The Morgan fingerprint density at radius 1 is 1.25 bits per heavy atom. The lowest BCUT2D eigenvalue weighted by atomic mass is 9.58. The van der Waals surface area contributed by atoms with E-state index in [0.717, 1.165) is 54.9 Å². The monoisotopic (exact) mass is 431 g/mol. The predicted octanol–water partition coefficient (Wildman–Crippen LogP) is 4.85. The molecule has 2 aromatic carbocycles. The SMILES string of the molecule is COc1cccc([C@]23CCN(CC4CC4)CC2Cc2c([nH]c4cc([N+](=O)[O-])ccc24)C3)c1. The molecule has 1 saturated carbocycles. The Kier molecular flexibility index (Phi) is 4.54. The van der Waals surface area contributed by atoms with Gasteiger partial charge in [-0.1, -0.05) is 12.1 Å². The predicted molar refractivity (Wildman–Crippen MR) is 124 cm³/mol.